The summed E-state index contributed by atoms with van der Waals surface area (Å²) >= 11 is 0. The van der Waals surface area contributed by atoms with E-state index in [9.17, 15) is 4.79 Å². The summed E-state index contributed by atoms with van der Waals surface area (Å²) in [5.41, 5.74) is 0.524. The van der Waals surface area contributed by atoms with Crippen LogP contribution in [0.4, 0.5) is 0 Å². The van der Waals surface area contributed by atoms with Gasteiger partial charge in [-0.05, 0) is 45.0 Å². The number of carbonyl (C=O) groups excluding carboxylic acids is 1. The Bertz CT molecular complexity index is 411. The van der Waals surface area contributed by atoms with Gasteiger partial charge in [0.1, 0.15) is 11.3 Å². The number of hydrogen-bond acceptors (Lipinski definition) is 5. The van der Waals surface area contributed by atoms with Crippen molar-refractivity contribution in [3.63, 3.8) is 0 Å². The number of esters is 1. The highest BCUT2D eigenvalue weighted by molar-refractivity contribution is 5.90. The molecule has 1 fully saturated rings. The van der Waals surface area contributed by atoms with Crippen molar-refractivity contribution in [3.8, 4) is 0 Å². The van der Waals surface area contributed by atoms with E-state index in [2.05, 4.69) is 17.3 Å². The van der Waals surface area contributed by atoms with Gasteiger partial charge in [-0.2, -0.15) is 0 Å². The average Bonchev–Trinajstić information content (AvgIpc) is 2.87. The van der Waals surface area contributed by atoms with Crippen molar-refractivity contribution >= 4 is 5.97 Å². The van der Waals surface area contributed by atoms with E-state index < -0.39 is 0 Å². The van der Waals surface area contributed by atoms with Crippen LogP contribution >= 0.6 is 0 Å². The molecule has 1 saturated heterocycles. The number of piperidine rings is 1. The lowest BCUT2D eigenvalue weighted by Gasteiger charge is -2.27. The van der Waals surface area contributed by atoms with Gasteiger partial charge in [-0.15, -0.1) is 0 Å². The Hall–Kier alpha value is -1.33. The SMILES string of the molecule is COC(=O)c1ccoc1CN(C)CC1CCCNC1. The molecule has 5 heteroatoms. The molecule has 0 aliphatic carbocycles. The summed E-state index contributed by atoms with van der Waals surface area (Å²) < 4.78 is 10.1. The number of hydrogen-bond donors (Lipinski definition) is 1. The van der Waals surface area contributed by atoms with Crippen molar-refractivity contribution < 1.29 is 13.9 Å². The van der Waals surface area contributed by atoms with Crippen molar-refractivity contribution in [1.29, 1.82) is 0 Å². The molecule has 0 amide bonds. The molecule has 0 saturated carbocycles. The minimum atomic E-state index is -0.337. The molecule has 1 atom stereocenters. The first kappa shape index (κ1) is 14.1. The molecule has 1 N–H and O–H groups in total. The number of ether oxygens (including phenoxy) is 1. The zero-order valence-corrected chi connectivity index (χ0v) is 11.6. The molecule has 0 radical (unpaired) electrons. The Balaban J connectivity index is 1.89. The van der Waals surface area contributed by atoms with Crippen LogP contribution in [0.25, 0.3) is 0 Å². The van der Waals surface area contributed by atoms with Crippen LogP contribution in [-0.4, -0.2) is 44.7 Å². The van der Waals surface area contributed by atoms with Crippen LogP contribution in [0.1, 0.15) is 29.0 Å². The molecule has 5 nitrogen and oxygen atoms in total. The Labute approximate surface area is 113 Å². The summed E-state index contributed by atoms with van der Waals surface area (Å²) in [6.45, 7) is 3.85. The third-order valence-electron chi connectivity index (χ3n) is 3.53. The molecular formula is C14H22N2O3. The van der Waals surface area contributed by atoms with Gasteiger partial charge in [-0.1, -0.05) is 0 Å². The molecule has 2 heterocycles. The lowest BCUT2D eigenvalue weighted by atomic mass is 9.99. The molecule has 2 rings (SSSR count). The number of rotatable bonds is 5. The predicted octanol–water partition coefficient (Wildman–Crippen LogP) is 1.50. The van der Waals surface area contributed by atoms with E-state index in [0.717, 1.165) is 19.6 Å². The smallest absolute Gasteiger partial charge is 0.341 e. The van der Waals surface area contributed by atoms with Crippen molar-refractivity contribution in [2.45, 2.75) is 19.4 Å². The number of methoxy groups -OCH3 is 1. The van der Waals surface area contributed by atoms with Gasteiger partial charge in [0.25, 0.3) is 0 Å². The predicted molar refractivity (Wildman–Crippen MR) is 72.0 cm³/mol. The van der Waals surface area contributed by atoms with Gasteiger partial charge in [0, 0.05) is 6.54 Å². The van der Waals surface area contributed by atoms with Crippen molar-refractivity contribution in [1.82, 2.24) is 10.2 Å². The van der Waals surface area contributed by atoms with E-state index in [1.54, 1.807) is 6.07 Å². The highest BCUT2D eigenvalue weighted by Gasteiger charge is 2.19. The minimum Gasteiger partial charge on any atom is -0.467 e. The third-order valence-corrected chi connectivity index (χ3v) is 3.53. The van der Waals surface area contributed by atoms with E-state index in [1.807, 2.05) is 0 Å². The average molecular weight is 266 g/mol. The largest absolute Gasteiger partial charge is 0.467 e. The Kier molecular flexibility index (Phi) is 4.99. The quantitative estimate of drug-likeness (QED) is 0.818. The van der Waals surface area contributed by atoms with Crippen molar-refractivity contribution in [2.24, 2.45) is 5.92 Å². The molecule has 0 bridgehead atoms. The van der Waals surface area contributed by atoms with E-state index in [-0.39, 0.29) is 5.97 Å². The maximum atomic E-state index is 11.6. The first-order chi connectivity index (χ1) is 9.20. The fourth-order valence-corrected chi connectivity index (χ4v) is 2.59. The van der Waals surface area contributed by atoms with Gasteiger partial charge in [0.15, 0.2) is 0 Å². The second kappa shape index (κ2) is 6.73. The highest BCUT2D eigenvalue weighted by atomic mass is 16.5. The number of nitrogens with zero attached hydrogens (tertiary/aromatic N) is 1. The Morgan fingerprint density at radius 1 is 1.63 bits per heavy atom. The summed E-state index contributed by atoms with van der Waals surface area (Å²) in [4.78, 5) is 13.8. The monoisotopic (exact) mass is 266 g/mol. The number of carbonyl (C=O) groups is 1. The Morgan fingerprint density at radius 2 is 2.47 bits per heavy atom. The van der Waals surface area contributed by atoms with Gasteiger partial charge in [0.05, 0.1) is 19.9 Å². The summed E-state index contributed by atoms with van der Waals surface area (Å²) in [6.07, 6.45) is 4.05. The Morgan fingerprint density at radius 3 is 3.16 bits per heavy atom. The van der Waals surface area contributed by atoms with Crippen LogP contribution in [0.2, 0.25) is 0 Å². The van der Waals surface area contributed by atoms with E-state index in [0.29, 0.717) is 23.8 Å². The molecule has 1 unspecified atom stereocenters. The molecule has 19 heavy (non-hydrogen) atoms. The maximum Gasteiger partial charge on any atom is 0.341 e. The lowest BCUT2D eigenvalue weighted by molar-refractivity contribution is 0.0596. The van der Waals surface area contributed by atoms with Crippen LogP contribution in [0.3, 0.4) is 0 Å². The van der Waals surface area contributed by atoms with Crippen LogP contribution in [-0.2, 0) is 11.3 Å². The van der Waals surface area contributed by atoms with Crippen molar-refractivity contribution in [3.05, 3.63) is 23.7 Å². The van der Waals surface area contributed by atoms with Crippen LogP contribution in [0.15, 0.2) is 16.7 Å². The van der Waals surface area contributed by atoms with Crippen molar-refractivity contribution in [2.75, 3.05) is 33.8 Å². The molecule has 1 aliphatic heterocycles. The molecule has 1 aromatic heterocycles. The summed E-state index contributed by atoms with van der Waals surface area (Å²) in [5.74, 6) is 1.02. The minimum absolute atomic E-state index is 0.337. The van der Waals surface area contributed by atoms with E-state index in [1.165, 1.54) is 26.2 Å². The van der Waals surface area contributed by atoms with Crippen LogP contribution in [0.5, 0.6) is 0 Å². The van der Waals surface area contributed by atoms with Crippen LogP contribution in [0, 0.1) is 5.92 Å². The normalized spacial score (nSPS) is 19.6. The highest BCUT2D eigenvalue weighted by Crippen LogP contribution is 2.16. The summed E-state index contributed by atoms with van der Waals surface area (Å²) in [6, 6.07) is 1.66. The maximum absolute atomic E-state index is 11.6. The summed E-state index contributed by atoms with van der Waals surface area (Å²) in [7, 11) is 3.44. The lowest BCUT2D eigenvalue weighted by Crippen LogP contribution is -2.36. The number of nitrogens with one attached hydrogen (secondary N) is 1. The van der Waals surface area contributed by atoms with Gasteiger partial charge in [0.2, 0.25) is 0 Å². The second-order valence-electron chi connectivity index (χ2n) is 5.16. The first-order valence-corrected chi connectivity index (χ1v) is 6.74. The first-order valence-electron chi connectivity index (χ1n) is 6.74. The molecule has 0 spiro atoms. The molecule has 0 aromatic carbocycles. The topological polar surface area (TPSA) is 54.7 Å². The number of furan rings is 1. The van der Waals surface area contributed by atoms with E-state index in [4.69, 9.17) is 9.15 Å². The van der Waals surface area contributed by atoms with Gasteiger partial charge in [-0.3, -0.25) is 4.90 Å². The van der Waals surface area contributed by atoms with Gasteiger partial charge < -0.3 is 14.5 Å². The molecule has 1 aliphatic rings. The zero-order valence-electron chi connectivity index (χ0n) is 11.6. The van der Waals surface area contributed by atoms with E-state index >= 15 is 0 Å². The molecule has 1 aromatic rings. The second-order valence-corrected chi connectivity index (χ2v) is 5.16. The van der Waals surface area contributed by atoms with Gasteiger partial charge >= 0.3 is 5.97 Å². The molecule has 106 valence electrons. The zero-order chi connectivity index (χ0) is 13.7. The molecular weight excluding hydrogens is 244 g/mol. The fourth-order valence-electron chi connectivity index (χ4n) is 2.59. The van der Waals surface area contributed by atoms with Crippen LogP contribution < -0.4 is 5.32 Å². The standard InChI is InChI=1S/C14H22N2O3/c1-16(9-11-4-3-6-15-8-11)10-13-12(5-7-19-13)14(17)18-2/h5,7,11,15H,3-4,6,8-10H2,1-2H3. The van der Waals surface area contributed by atoms with Gasteiger partial charge in [-0.25, -0.2) is 4.79 Å². The summed E-state index contributed by atoms with van der Waals surface area (Å²) in [5, 5.41) is 3.41. The third kappa shape index (κ3) is 3.81. The fraction of sp³-hybridized carbons (Fsp3) is 0.643.